The fraction of sp³-hybridized carbons (Fsp3) is 0.680. The highest BCUT2D eigenvalue weighted by atomic mass is 16.7. The zero-order chi connectivity index (χ0) is 50.0. The maximum absolute atomic E-state index is 13.9. The van der Waals surface area contributed by atoms with Gasteiger partial charge >= 0.3 is 5.97 Å². The SMILES string of the molecule is CC1CC(NC(=O)[C@H]2[C@@H]3CC(O[C@@H]4OC[C@@H](O)[C@H](N)[C@@H]4O)/C=C/C=C/C=C/C=C/C=C/C=C/C=C/[C@H](C)[C@@H](O)C[C@H](C)OC(=O)CC(O)C[C@H](O)CCC(O)C(O)CC(O)CC(O)(C[C@@H]2O)O3)C1. The van der Waals surface area contributed by atoms with E-state index >= 15 is 0 Å². The Hall–Kier alpha value is -3.44. The lowest BCUT2D eigenvalue weighted by Gasteiger charge is -2.46. The van der Waals surface area contributed by atoms with Crippen LogP contribution < -0.4 is 11.1 Å². The van der Waals surface area contributed by atoms with E-state index < -0.39 is 135 Å². The Balaban J connectivity index is 1.56. The van der Waals surface area contributed by atoms with E-state index in [0.717, 1.165) is 12.8 Å². The number of aliphatic hydroxyl groups is 10. The number of aliphatic hydroxyl groups excluding tert-OH is 9. The van der Waals surface area contributed by atoms with E-state index in [0.29, 0.717) is 5.92 Å². The van der Waals surface area contributed by atoms with Gasteiger partial charge in [0, 0.05) is 44.1 Å². The number of nitrogens with one attached hydrogen (secondary N) is 1. The highest BCUT2D eigenvalue weighted by molar-refractivity contribution is 5.80. The summed E-state index contributed by atoms with van der Waals surface area (Å²) in [5, 5.41) is 112. The van der Waals surface area contributed by atoms with Crippen LogP contribution in [0.15, 0.2) is 85.1 Å². The van der Waals surface area contributed by atoms with Crippen LogP contribution in [-0.2, 0) is 28.5 Å². The Morgan fingerprint density at radius 3 is 1.90 bits per heavy atom. The summed E-state index contributed by atoms with van der Waals surface area (Å²) in [6.45, 7) is 5.29. The Kier molecular flexibility index (Phi) is 23.9. The van der Waals surface area contributed by atoms with E-state index in [1.54, 1.807) is 49.5 Å². The second-order valence-electron chi connectivity index (χ2n) is 19.1. The van der Waals surface area contributed by atoms with Crippen molar-refractivity contribution in [2.45, 2.75) is 189 Å². The van der Waals surface area contributed by atoms with Crippen LogP contribution in [0.4, 0.5) is 0 Å². The fourth-order valence-electron chi connectivity index (χ4n) is 8.83. The number of carbonyl (C=O) groups excluding carboxylic acids is 2. The molecule has 17 atom stereocenters. The average molecular weight is 963 g/mol. The highest BCUT2D eigenvalue weighted by Gasteiger charge is 2.51. The molecule has 0 spiro atoms. The molecule has 1 saturated carbocycles. The van der Waals surface area contributed by atoms with Gasteiger partial charge in [-0.3, -0.25) is 9.59 Å². The number of hydrogen-bond acceptors (Lipinski definition) is 17. The molecular weight excluding hydrogens is 885 g/mol. The summed E-state index contributed by atoms with van der Waals surface area (Å²) in [7, 11) is 0. The molecule has 1 aliphatic carbocycles. The summed E-state index contributed by atoms with van der Waals surface area (Å²) in [6, 6.07) is -1.22. The van der Waals surface area contributed by atoms with Crippen LogP contribution in [0.1, 0.15) is 91.4 Å². The zero-order valence-electron chi connectivity index (χ0n) is 39.5. The molecule has 68 heavy (non-hydrogen) atoms. The van der Waals surface area contributed by atoms with Gasteiger partial charge in [0.15, 0.2) is 12.1 Å². The lowest BCUT2D eigenvalue weighted by molar-refractivity contribution is -0.304. The maximum Gasteiger partial charge on any atom is 0.308 e. The van der Waals surface area contributed by atoms with Gasteiger partial charge in [0.2, 0.25) is 5.91 Å². The van der Waals surface area contributed by atoms with Crippen molar-refractivity contribution in [3.8, 4) is 0 Å². The molecule has 18 nitrogen and oxygen atoms in total. The molecule has 13 N–H and O–H groups in total. The molecule has 3 fully saturated rings. The van der Waals surface area contributed by atoms with Gasteiger partial charge in [-0.25, -0.2) is 0 Å². The summed E-state index contributed by atoms with van der Waals surface area (Å²) in [6.07, 6.45) is 7.87. The van der Waals surface area contributed by atoms with Gasteiger partial charge in [0.1, 0.15) is 12.2 Å². The topological polar surface area (TPSA) is 311 Å². The standard InChI is InChI=1S/C50H78N2O16/c1-30-20-33(21-30)52-48(63)45-41(59)28-50(64)27-36(55)24-40(58)38(56)19-18-34(53)23-35(54)25-44(61)66-32(3)22-39(57)31(2)16-14-12-10-8-6-4-5-7-9-11-13-15-17-37(26-43(45)68-50)67-49-47(62)46(51)42(60)29-65-49/h4-17,30-43,45-47,49,53-60,62,64H,18-29,51H2,1-3H3,(H,52,63)/b5-4+,8-6+,9-7+,12-10+,13-11+,16-14+,17-15+/t30?,31-,32-,33?,34+,35?,36?,37?,38?,39-,40?,41-,42+,43-,45+,46-,47-,49-,50?/m0/s1. The third-order valence-electron chi connectivity index (χ3n) is 12.8. The lowest BCUT2D eigenvalue weighted by Crippen LogP contribution is -2.60. The Morgan fingerprint density at radius 1 is 0.676 bits per heavy atom. The molecule has 3 aliphatic heterocycles. The number of nitrogens with two attached hydrogens (primary N) is 1. The number of amides is 1. The van der Waals surface area contributed by atoms with Gasteiger partial charge in [0.05, 0.1) is 86.0 Å². The highest BCUT2D eigenvalue weighted by Crippen LogP contribution is 2.39. The first-order chi connectivity index (χ1) is 32.2. The largest absolute Gasteiger partial charge is 0.462 e. The summed E-state index contributed by atoms with van der Waals surface area (Å²) < 4.78 is 23.4. The van der Waals surface area contributed by atoms with Crippen molar-refractivity contribution in [2.75, 3.05) is 6.61 Å². The monoisotopic (exact) mass is 963 g/mol. The maximum atomic E-state index is 13.9. The van der Waals surface area contributed by atoms with Gasteiger partial charge in [-0.05, 0) is 44.9 Å². The van der Waals surface area contributed by atoms with Gasteiger partial charge in [-0.1, -0.05) is 98.9 Å². The van der Waals surface area contributed by atoms with Gasteiger partial charge < -0.3 is 81.1 Å². The van der Waals surface area contributed by atoms with Crippen LogP contribution in [0.25, 0.3) is 0 Å². The minimum Gasteiger partial charge on any atom is -0.462 e. The number of fused-ring (bicyclic) bond motifs is 2. The first kappa shape index (κ1) is 57.1. The van der Waals surface area contributed by atoms with Gasteiger partial charge in [0.25, 0.3) is 0 Å². The van der Waals surface area contributed by atoms with Crippen LogP contribution in [0.3, 0.4) is 0 Å². The molecule has 0 aromatic carbocycles. The van der Waals surface area contributed by atoms with Crippen molar-refractivity contribution >= 4 is 11.9 Å². The number of hydrogen-bond donors (Lipinski definition) is 12. The van der Waals surface area contributed by atoms with Crippen LogP contribution in [0.2, 0.25) is 0 Å². The molecule has 4 rings (SSSR count). The van der Waals surface area contributed by atoms with Gasteiger partial charge in [-0.2, -0.15) is 0 Å². The minimum absolute atomic E-state index is 0.0826. The van der Waals surface area contributed by atoms with Crippen LogP contribution in [0.5, 0.6) is 0 Å². The molecule has 18 heteroatoms. The van der Waals surface area contributed by atoms with Crippen LogP contribution in [0, 0.1) is 17.8 Å². The van der Waals surface area contributed by atoms with E-state index in [1.165, 1.54) is 0 Å². The second-order valence-corrected chi connectivity index (χ2v) is 19.1. The molecule has 0 radical (unpaired) electrons. The molecule has 2 bridgehead atoms. The number of cyclic esters (lactones) is 1. The number of allylic oxidation sites excluding steroid dienone is 12. The third kappa shape index (κ3) is 19.4. The average Bonchev–Trinajstić information content (AvgIpc) is 3.23. The van der Waals surface area contributed by atoms with Crippen molar-refractivity contribution in [3.63, 3.8) is 0 Å². The number of rotatable bonds is 4. The molecule has 1 amide bonds. The van der Waals surface area contributed by atoms with Crippen molar-refractivity contribution in [3.05, 3.63) is 85.1 Å². The molecule has 3 heterocycles. The van der Waals surface area contributed by atoms with Gasteiger partial charge in [-0.15, -0.1) is 0 Å². The lowest BCUT2D eigenvalue weighted by atomic mass is 9.79. The van der Waals surface area contributed by atoms with Crippen molar-refractivity contribution in [2.24, 2.45) is 23.5 Å². The normalized spacial score (nSPS) is 44.9. The summed E-state index contributed by atoms with van der Waals surface area (Å²) in [4.78, 5) is 26.4. The van der Waals surface area contributed by atoms with Crippen molar-refractivity contribution in [1.82, 2.24) is 5.32 Å². The Labute approximate surface area is 399 Å². The number of ether oxygens (including phenoxy) is 4. The molecule has 0 aromatic heterocycles. The third-order valence-corrected chi connectivity index (χ3v) is 12.8. The molecule has 2 saturated heterocycles. The first-order valence-electron chi connectivity index (χ1n) is 24.0. The van der Waals surface area contributed by atoms with E-state index in [1.807, 2.05) is 49.5 Å². The smallest absolute Gasteiger partial charge is 0.308 e. The van der Waals surface area contributed by atoms with E-state index in [4.69, 9.17) is 24.7 Å². The molecule has 384 valence electrons. The van der Waals surface area contributed by atoms with Crippen molar-refractivity contribution < 1.29 is 79.6 Å². The minimum atomic E-state index is -2.24. The van der Waals surface area contributed by atoms with Crippen LogP contribution in [-0.4, -0.2) is 167 Å². The second kappa shape index (κ2) is 28.4. The van der Waals surface area contributed by atoms with Crippen molar-refractivity contribution in [1.29, 1.82) is 0 Å². The van der Waals surface area contributed by atoms with E-state index in [9.17, 15) is 60.7 Å². The van der Waals surface area contributed by atoms with Crippen LogP contribution >= 0.6 is 0 Å². The Morgan fingerprint density at radius 2 is 1.28 bits per heavy atom. The fourth-order valence-corrected chi connectivity index (χ4v) is 8.83. The van der Waals surface area contributed by atoms with E-state index in [-0.39, 0.29) is 50.7 Å². The molecule has 0 aromatic rings. The summed E-state index contributed by atoms with van der Waals surface area (Å²) in [5.41, 5.74) is 6.02. The summed E-state index contributed by atoms with van der Waals surface area (Å²) >= 11 is 0. The summed E-state index contributed by atoms with van der Waals surface area (Å²) in [5.74, 6) is -4.53. The number of carbonyl (C=O) groups is 2. The quantitative estimate of drug-likeness (QED) is 0.174. The molecule has 4 aliphatic rings. The predicted octanol–water partition coefficient (Wildman–Crippen LogP) is 0.907. The molecular formula is C50H78N2O16. The Bertz CT molecular complexity index is 1750. The predicted molar refractivity (Wildman–Crippen MR) is 251 cm³/mol. The molecule has 6 unspecified atom stereocenters. The first-order valence-corrected chi connectivity index (χ1v) is 24.0. The number of esters is 1. The van der Waals surface area contributed by atoms with E-state index in [2.05, 4.69) is 12.2 Å². The zero-order valence-corrected chi connectivity index (χ0v) is 39.5.